The van der Waals surface area contributed by atoms with Crippen molar-refractivity contribution in [2.75, 3.05) is 18.8 Å². The van der Waals surface area contributed by atoms with Gasteiger partial charge in [-0.05, 0) is 40.2 Å². The van der Waals surface area contributed by atoms with E-state index in [1.54, 1.807) is 25.7 Å². The van der Waals surface area contributed by atoms with Crippen molar-refractivity contribution < 1.29 is 9.90 Å². The lowest BCUT2D eigenvalue weighted by Gasteiger charge is -2.27. The van der Waals surface area contributed by atoms with Crippen LogP contribution in [0.1, 0.15) is 41.8 Å². The molecular weight excluding hydrogens is 300 g/mol. The number of nitrogens with two attached hydrogens (primary N) is 1. The van der Waals surface area contributed by atoms with Crippen molar-refractivity contribution in [3.8, 4) is 0 Å². The fourth-order valence-electron chi connectivity index (χ4n) is 2.42. The van der Waals surface area contributed by atoms with Crippen LogP contribution >= 0.6 is 11.3 Å². The van der Waals surface area contributed by atoms with Crippen molar-refractivity contribution in [3.63, 3.8) is 0 Å². The highest BCUT2D eigenvalue weighted by molar-refractivity contribution is 7.20. The first-order valence-corrected chi connectivity index (χ1v) is 8.00. The number of aromatic nitrogens is 2. The molecule has 0 aliphatic heterocycles. The maximum absolute atomic E-state index is 12.8. The van der Waals surface area contributed by atoms with E-state index in [0.29, 0.717) is 23.1 Å². The number of carbonyl (C=O) groups excluding carboxylic acids is 1. The Labute approximate surface area is 134 Å². The number of anilines is 1. The summed E-state index contributed by atoms with van der Waals surface area (Å²) in [5.41, 5.74) is 5.84. The highest BCUT2D eigenvalue weighted by Gasteiger charge is 2.26. The summed E-state index contributed by atoms with van der Waals surface area (Å²) in [7, 11) is 0. The number of nitrogen functional groups attached to an aromatic ring is 1. The van der Waals surface area contributed by atoms with Gasteiger partial charge in [0.15, 0.2) is 0 Å². The van der Waals surface area contributed by atoms with E-state index in [2.05, 4.69) is 9.97 Å². The van der Waals surface area contributed by atoms with Crippen molar-refractivity contribution in [2.45, 2.75) is 40.2 Å². The molecule has 7 heteroatoms. The molecule has 0 fully saturated rings. The molecule has 0 aliphatic carbocycles. The Morgan fingerprint density at radius 1 is 1.36 bits per heavy atom. The average molecular weight is 322 g/mol. The molecule has 2 aromatic heterocycles. The van der Waals surface area contributed by atoms with E-state index in [1.165, 1.54) is 11.3 Å². The summed E-state index contributed by atoms with van der Waals surface area (Å²) in [6.07, 6.45) is 0. The van der Waals surface area contributed by atoms with Gasteiger partial charge in [0, 0.05) is 13.1 Å². The minimum atomic E-state index is -0.939. The summed E-state index contributed by atoms with van der Waals surface area (Å²) in [6.45, 7) is 9.70. The van der Waals surface area contributed by atoms with Crippen molar-refractivity contribution >= 4 is 33.3 Å². The van der Waals surface area contributed by atoms with Gasteiger partial charge in [-0.3, -0.25) is 4.79 Å². The van der Waals surface area contributed by atoms with Gasteiger partial charge in [0.25, 0.3) is 5.91 Å². The average Bonchev–Trinajstić information content (AvgIpc) is 2.71. The van der Waals surface area contributed by atoms with Crippen LogP contribution in [0.15, 0.2) is 0 Å². The smallest absolute Gasteiger partial charge is 0.264 e. The zero-order valence-electron chi connectivity index (χ0n) is 13.6. The van der Waals surface area contributed by atoms with Crippen LogP contribution < -0.4 is 5.73 Å². The molecule has 0 saturated carbocycles. The van der Waals surface area contributed by atoms with E-state index in [9.17, 15) is 9.90 Å². The number of nitrogens with zero attached hydrogens (tertiary/aromatic N) is 3. The van der Waals surface area contributed by atoms with Crippen LogP contribution in [-0.4, -0.2) is 44.6 Å². The van der Waals surface area contributed by atoms with E-state index in [0.717, 1.165) is 15.8 Å². The molecule has 3 N–H and O–H groups in total. The first-order chi connectivity index (χ1) is 10.1. The zero-order valence-corrected chi connectivity index (χ0v) is 14.4. The molecule has 22 heavy (non-hydrogen) atoms. The van der Waals surface area contributed by atoms with Crippen molar-refractivity contribution in [1.29, 1.82) is 0 Å². The number of rotatable bonds is 4. The number of carbonyl (C=O) groups is 1. The highest BCUT2D eigenvalue weighted by Crippen LogP contribution is 2.33. The van der Waals surface area contributed by atoms with Crippen LogP contribution in [0.2, 0.25) is 0 Å². The van der Waals surface area contributed by atoms with Gasteiger partial charge in [-0.1, -0.05) is 0 Å². The summed E-state index contributed by atoms with van der Waals surface area (Å²) in [6, 6.07) is 0. The molecule has 0 radical (unpaired) electrons. The monoisotopic (exact) mass is 322 g/mol. The van der Waals surface area contributed by atoms with Gasteiger partial charge in [0.2, 0.25) is 0 Å². The van der Waals surface area contributed by atoms with Gasteiger partial charge >= 0.3 is 0 Å². The van der Waals surface area contributed by atoms with Gasteiger partial charge in [0.05, 0.1) is 15.9 Å². The normalized spacial score (nSPS) is 11.9. The highest BCUT2D eigenvalue weighted by atomic mass is 32.1. The van der Waals surface area contributed by atoms with Crippen molar-refractivity contribution in [3.05, 3.63) is 16.3 Å². The first kappa shape index (κ1) is 16.6. The van der Waals surface area contributed by atoms with Gasteiger partial charge in [0.1, 0.15) is 16.5 Å². The molecule has 0 aromatic carbocycles. The van der Waals surface area contributed by atoms with Crippen LogP contribution in [0.25, 0.3) is 10.2 Å². The summed E-state index contributed by atoms with van der Waals surface area (Å²) >= 11 is 1.33. The lowest BCUT2D eigenvalue weighted by atomic mass is 10.1. The molecule has 2 aromatic rings. The minimum Gasteiger partial charge on any atom is -0.389 e. The second kappa shape index (κ2) is 5.81. The fraction of sp³-hybridized carbons (Fsp3) is 0.533. The predicted octanol–water partition coefficient (Wildman–Crippen LogP) is 2.12. The largest absolute Gasteiger partial charge is 0.389 e. The lowest BCUT2D eigenvalue weighted by Crippen LogP contribution is -2.42. The van der Waals surface area contributed by atoms with Crippen molar-refractivity contribution in [1.82, 2.24) is 14.9 Å². The van der Waals surface area contributed by atoms with Gasteiger partial charge < -0.3 is 15.7 Å². The maximum Gasteiger partial charge on any atom is 0.264 e. The molecular formula is C15H22N4O2S. The molecule has 0 unspecified atom stereocenters. The predicted molar refractivity (Wildman–Crippen MR) is 89.2 cm³/mol. The molecule has 0 atom stereocenters. The third kappa shape index (κ3) is 3.20. The molecule has 0 aliphatic rings. The Hall–Kier alpha value is -1.73. The van der Waals surface area contributed by atoms with E-state index >= 15 is 0 Å². The van der Waals surface area contributed by atoms with Crippen molar-refractivity contribution in [2.24, 2.45) is 0 Å². The second-order valence-corrected chi connectivity index (χ2v) is 7.02. The molecule has 120 valence electrons. The van der Waals surface area contributed by atoms with E-state index in [4.69, 9.17) is 5.73 Å². The van der Waals surface area contributed by atoms with Crippen LogP contribution in [0.5, 0.6) is 0 Å². The number of aryl methyl sites for hydroxylation is 2. The SMILES string of the molecule is CCN(CC(C)(C)O)C(=O)c1sc2nc(C)nc(N)c2c1C. The Bertz CT molecular complexity index is 718. The molecule has 6 nitrogen and oxygen atoms in total. The Kier molecular flexibility index (Phi) is 4.39. The summed E-state index contributed by atoms with van der Waals surface area (Å²) in [4.78, 5) is 24.3. The number of aliphatic hydroxyl groups is 1. The molecule has 0 spiro atoms. The lowest BCUT2D eigenvalue weighted by molar-refractivity contribution is 0.0317. The quantitative estimate of drug-likeness (QED) is 0.899. The zero-order chi connectivity index (χ0) is 16.7. The number of fused-ring (bicyclic) bond motifs is 1. The van der Waals surface area contributed by atoms with Crippen LogP contribution in [-0.2, 0) is 0 Å². The number of amides is 1. The Balaban J connectivity index is 2.48. The van der Waals surface area contributed by atoms with Crippen LogP contribution in [0.3, 0.4) is 0 Å². The maximum atomic E-state index is 12.8. The fourth-order valence-corrected chi connectivity index (χ4v) is 3.63. The van der Waals surface area contributed by atoms with E-state index < -0.39 is 5.60 Å². The third-order valence-corrected chi connectivity index (χ3v) is 4.54. The molecule has 2 heterocycles. The number of hydrogen-bond donors (Lipinski definition) is 2. The van der Waals surface area contributed by atoms with Gasteiger partial charge in [-0.25, -0.2) is 9.97 Å². The molecule has 0 saturated heterocycles. The topological polar surface area (TPSA) is 92.3 Å². The number of thiophene rings is 1. The number of likely N-dealkylation sites (N-methyl/N-ethyl adjacent to an activating group) is 1. The molecule has 1 amide bonds. The second-order valence-electron chi connectivity index (χ2n) is 6.02. The standard InChI is InChI=1S/C15H22N4O2S/c1-6-19(7-15(4,5)21)14(20)11-8(2)10-12(16)17-9(3)18-13(10)22-11/h21H,6-7H2,1-5H3,(H2,16,17,18). The number of hydrogen-bond acceptors (Lipinski definition) is 6. The van der Waals surface area contributed by atoms with Gasteiger partial charge in [-0.2, -0.15) is 0 Å². The molecule has 0 bridgehead atoms. The molecule has 2 rings (SSSR count). The Morgan fingerprint density at radius 3 is 2.55 bits per heavy atom. The summed E-state index contributed by atoms with van der Waals surface area (Å²) in [5.74, 6) is 0.886. The van der Waals surface area contributed by atoms with Gasteiger partial charge in [-0.15, -0.1) is 11.3 Å². The summed E-state index contributed by atoms with van der Waals surface area (Å²) < 4.78 is 0. The van der Waals surface area contributed by atoms with E-state index in [1.807, 2.05) is 13.8 Å². The Morgan fingerprint density at radius 2 is 2.00 bits per heavy atom. The first-order valence-electron chi connectivity index (χ1n) is 7.19. The van der Waals surface area contributed by atoms with Crippen LogP contribution in [0.4, 0.5) is 5.82 Å². The third-order valence-electron chi connectivity index (χ3n) is 3.37. The van der Waals surface area contributed by atoms with Crippen LogP contribution in [0, 0.1) is 13.8 Å². The minimum absolute atomic E-state index is 0.109. The summed E-state index contributed by atoms with van der Waals surface area (Å²) in [5, 5.41) is 10.7. The van der Waals surface area contributed by atoms with E-state index in [-0.39, 0.29) is 12.5 Å².